The molecule has 2 atom stereocenters. The van der Waals surface area contributed by atoms with Gasteiger partial charge in [-0.2, -0.15) is 11.8 Å². The van der Waals surface area contributed by atoms with Crippen LogP contribution in [-0.2, 0) is 11.3 Å². The van der Waals surface area contributed by atoms with Gasteiger partial charge in [-0.05, 0) is 24.1 Å². The molecule has 1 fully saturated rings. The number of nitrogens with zero attached hydrogens (tertiary/aromatic N) is 1. The molecule has 0 bridgehead atoms. The van der Waals surface area contributed by atoms with E-state index in [-0.39, 0.29) is 0 Å². The number of aliphatic carboxylic acids is 1. The van der Waals surface area contributed by atoms with Gasteiger partial charge in [-0.1, -0.05) is 31.2 Å². The standard InChI is InChI=1S/C16H21NO2S/c1-12-13(2)20-10-9-17(12)11-15-6-4-3-5-14(15)7-8-16(18)19/h3-8,12-13H,9-11H2,1-2H3,(H,18,19)/b8-7+. The predicted octanol–water partition coefficient (Wildman–Crippen LogP) is 3.11. The van der Waals surface area contributed by atoms with E-state index in [9.17, 15) is 4.79 Å². The first kappa shape index (κ1) is 15.1. The molecule has 1 aromatic rings. The molecule has 3 nitrogen and oxygen atoms in total. The van der Waals surface area contributed by atoms with E-state index in [1.165, 1.54) is 17.4 Å². The molecule has 1 aliphatic rings. The Kier molecular flexibility index (Phi) is 5.26. The highest BCUT2D eigenvalue weighted by Gasteiger charge is 2.25. The quantitative estimate of drug-likeness (QED) is 0.865. The Morgan fingerprint density at radius 1 is 1.45 bits per heavy atom. The van der Waals surface area contributed by atoms with Gasteiger partial charge in [-0.25, -0.2) is 4.79 Å². The van der Waals surface area contributed by atoms with Crippen LogP contribution in [0.15, 0.2) is 30.3 Å². The number of benzene rings is 1. The van der Waals surface area contributed by atoms with Crippen molar-refractivity contribution >= 4 is 23.8 Å². The third kappa shape index (κ3) is 3.87. The average molecular weight is 291 g/mol. The molecule has 1 heterocycles. The second-order valence-electron chi connectivity index (χ2n) is 5.16. The van der Waals surface area contributed by atoms with Crippen LogP contribution in [-0.4, -0.2) is 39.6 Å². The van der Waals surface area contributed by atoms with Crippen molar-refractivity contribution in [3.8, 4) is 0 Å². The van der Waals surface area contributed by atoms with E-state index >= 15 is 0 Å². The first-order valence-corrected chi connectivity index (χ1v) is 7.97. The highest BCUT2D eigenvalue weighted by molar-refractivity contribution is 8.00. The smallest absolute Gasteiger partial charge is 0.328 e. The normalized spacial score (nSPS) is 24.1. The summed E-state index contributed by atoms with van der Waals surface area (Å²) in [7, 11) is 0. The third-order valence-electron chi connectivity index (χ3n) is 3.85. The van der Waals surface area contributed by atoms with Gasteiger partial charge in [0.15, 0.2) is 0 Å². The third-order valence-corrected chi connectivity index (χ3v) is 5.19. The summed E-state index contributed by atoms with van der Waals surface area (Å²) in [6, 6.07) is 8.57. The second-order valence-corrected chi connectivity index (χ2v) is 6.64. The van der Waals surface area contributed by atoms with Crippen LogP contribution in [0, 0.1) is 0 Å². The van der Waals surface area contributed by atoms with E-state index < -0.39 is 5.97 Å². The fraction of sp³-hybridized carbons (Fsp3) is 0.438. The van der Waals surface area contributed by atoms with Crippen molar-refractivity contribution in [3.63, 3.8) is 0 Å². The largest absolute Gasteiger partial charge is 0.478 e. The van der Waals surface area contributed by atoms with E-state index in [4.69, 9.17) is 5.11 Å². The number of carboxylic acid groups (broad SMARTS) is 1. The Morgan fingerprint density at radius 2 is 2.20 bits per heavy atom. The molecule has 0 saturated carbocycles. The number of thioether (sulfide) groups is 1. The molecule has 4 heteroatoms. The molecule has 20 heavy (non-hydrogen) atoms. The first-order chi connectivity index (χ1) is 9.58. The number of carboxylic acids is 1. The van der Waals surface area contributed by atoms with Gasteiger partial charge in [0.2, 0.25) is 0 Å². The lowest BCUT2D eigenvalue weighted by Crippen LogP contribution is -2.44. The molecule has 1 saturated heterocycles. The van der Waals surface area contributed by atoms with Gasteiger partial charge in [0.1, 0.15) is 0 Å². The van der Waals surface area contributed by atoms with E-state index in [0.717, 1.165) is 18.7 Å². The lowest BCUT2D eigenvalue weighted by atomic mass is 10.1. The second kappa shape index (κ2) is 6.95. The van der Waals surface area contributed by atoms with Gasteiger partial charge in [0, 0.05) is 36.2 Å². The van der Waals surface area contributed by atoms with Gasteiger partial charge in [-0.3, -0.25) is 4.90 Å². The Labute approximate surface area is 124 Å². The van der Waals surface area contributed by atoms with E-state index in [2.05, 4.69) is 24.8 Å². The molecule has 1 N–H and O–H groups in total. The Morgan fingerprint density at radius 3 is 2.95 bits per heavy atom. The number of hydrogen-bond donors (Lipinski definition) is 1. The maximum atomic E-state index is 10.7. The average Bonchev–Trinajstić information content (AvgIpc) is 2.43. The molecule has 1 aliphatic heterocycles. The van der Waals surface area contributed by atoms with Crippen molar-refractivity contribution < 1.29 is 9.90 Å². The molecule has 0 aromatic heterocycles. The molecule has 0 radical (unpaired) electrons. The van der Waals surface area contributed by atoms with Crippen molar-refractivity contribution in [2.24, 2.45) is 0 Å². The van der Waals surface area contributed by atoms with E-state index in [1.807, 2.05) is 30.0 Å². The van der Waals surface area contributed by atoms with Crippen LogP contribution in [0.5, 0.6) is 0 Å². The highest BCUT2D eigenvalue weighted by atomic mass is 32.2. The minimum Gasteiger partial charge on any atom is -0.478 e. The van der Waals surface area contributed by atoms with Crippen LogP contribution in [0.3, 0.4) is 0 Å². The minimum atomic E-state index is -0.906. The van der Waals surface area contributed by atoms with Gasteiger partial charge in [0.05, 0.1) is 0 Å². The topological polar surface area (TPSA) is 40.5 Å². The van der Waals surface area contributed by atoms with Crippen molar-refractivity contribution in [1.82, 2.24) is 4.90 Å². The number of carbonyl (C=O) groups is 1. The molecule has 0 aliphatic carbocycles. The Hall–Kier alpha value is -1.26. The SMILES string of the molecule is CC1SCCN(Cc2ccccc2/C=C/C(=O)O)C1C. The summed E-state index contributed by atoms with van der Waals surface area (Å²) in [4.78, 5) is 13.1. The molecule has 2 unspecified atom stereocenters. The van der Waals surface area contributed by atoms with Crippen LogP contribution >= 0.6 is 11.8 Å². The molecule has 0 spiro atoms. The molecular formula is C16H21NO2S. The predicted molar refractivity (Wildman–Crippen MR) is 84.9 cm³/mol. The number of hydrogen-bond acceptors (Lipinski definition) is 3. The zero-order valence-electron chi connectivity index (χ0n) is 12.0. The van der Waals surface area contributed by atoms with Crippen molar-refractivity contribution in [1.29, 1.82) is 0 Å². The highest BCUT2D eigenvalue weighted by Crippen LogP contribution is 2.26. The maximum absolute atomic E-state index is 10.7. The lowest BCUT2D eigenvalue weighted by molar-refractivity contribution is -0.131. The van der Waals surface area contributed by atoms with Crippen LogP contribution in [0.4, 0.5) is 0 Å². The zero-order valence-corrected chi connectivity index (χ0v) is 12.8. The van der Waals surface area contributed by atoms with Crippen LogP contribution in [0.2, 0.25) is 0 Å². The molecule has 1 aromatic carbocycles. The molecule has 2 rings (SSSR count). The summed E-state index contributed by atoms with van der Waals surface area (Å²) in [5.41, 5.74) is 2.18. The summed E-state index contributed by atoms with van der Waals surface area (Å²) >= 11 is 2.03. The van der Waals surface area contributed by atoms with Crippen molar-refractivity contribution in [2.45, 2.75) is 31.7 Å². The van der Waals surface area contributed by atoms with Gasteiger partial charge >= 0.3 is 5.97 Å². The van der Waals surface area contributed by atoms with Crippen LogP contribution < -0.4 is 0 Å². The number of rotatable bonds is 4. The Balaban J connectivity index is 2.14. The summed E-state index contributed by atoms with van der Waals surface area (Å²) < 4.78 is 0. The Bertz CT molecular complexity index is 501. The molecule has 108 valence electrons. The fourth-order valence-electron chi connectivity index (χ4n) is 2.44. The van der Waals surface area contributed by atoms with E-state index in [1.54, 1.807) is 6.08 Å². The first-order valence-electron chi connectivity index (χ1n) is 6.92. The summed E-state index contributed by atoms with van der Waals surface area (Å²) in [6.45, 7) is 6.52. The molecular weight excluding hydrogens is 270 g/mol. The molecule has 0 amide bonds. The summed E-state index contributed by atoms with van der Waals surface area (Å²) in [5.74, 6) is 0.259. The monoisotopic (exact) mass is 291 g/mol. The van der Waals surface area contributed by atoms with Crippen molar-refractivity contribution in [3.05, 3.63) is 41.5 Å². The van der Waals surface area contributed by atoms with Crippen LogP contribution in [0.25, 0.3) is 6.08 Å². The van der Waals surface area contributed by atoms with Crippen LogP contribution in [0.1, 0.15) is 25.0 Å². The van der Waals surface area contributed by atoms with Gasteiger partial charge < -0.3 is 5.11 Å². The lowest BCUT2D eigenvalue weighted by Gasteiger charge is -2.37. The maximum Gasteiger partial charge on any atom is 0.328 e. The van der Waals surface area contributed by atoms with Gasteiger partial charge in [0.25, 0.3) is 0 Å². The summed E-state index contributed by atoms with van der Waals surface area (Å²) in [6.07, 6.45) is 2.89. The van der Waals surface area contributed by atoms with E-state index in [0.29, 0.717) is 11.3 Å². The zero-order chi connectivity index (χ0) is 14.5. The van der Waals surface area contributed by atoms with Crippen molar-refractivity contribution in [2.75, 3.05) is 12.3 Å². The fourth-order valence-corrected chi connectivity index (χ4v) is 3.60. The summed E-state index contributed by atoms with van der Waals surface area (Å²) in [5, 5.41) is 9.41. The minimum absolute atomic E-state index is 0.547. The van der Waals surface area contributed by atoms with Gasteiger partial charge in [-0.15, -0.1) is 0 Å².